The van der Waals surface area contributed by atoms with Crippen LogP contribution in [0.3, 0.4) is 0 Å². The third-order valence-electron chi connectivity index (χ3n) is 3.82. The van der Waals surface area contributed by atoms with Crippen molar-refractivity contribution in [3.63, 3.8) is 0 Å². The molecule has 0 aliphatic rings. The monoisotopic (exact) mass is 293 g/mol. The predicted octanol–water partition coefficient (Wildman–Crippen LogP) is 3.64. The number of halogens is 2. The molecule has 0 spiro atoms. The van der Waals surface area contributed by atoms with E-state index in [2.05, 4.69) is 24.3 Å². The van der Waals surface area contributed by atoms with E-state index in [4.69, 9.17) is 0 Å². The summed E-state index contributed by atoms with van der Waals surface area (Å²) in [6.07, 6.45) is 3.44. The van der Waals surface area contributed by atoms with E-state index < -0.39 is 11.6 Å². The molecular formula is C16H21F2N3. The van der Waals surface area contributed by atoms with Crippen LogP contribution < -0.4 is 5.32 Å². The smallest absolute Gasteiger partial charge is 0.163 e. The molecule has 1 N–H and O–H groups in total. The molecule has 0 aliphatic heterocycles. The first-order valence-electron chi connectivity index (χ1n) is 7.22. The summed E-state index contributed by atoms with van der Waals surface area (Å²) in [5, 5.41) is 7.54. The van der Waals surface area contributed by atoms with Gasteiger partial charge in [0.15, 0.2) is 11.6 Å². The zero-order valence-electron chi connectivity index (χ0n) is 12.6. The number of likely N-dealkylation sites (N-methyl/N-ethyl adjacent to an activating group) is 1. The van der Waals surface area contributed by atoms with E-state index in [9.17, 15) is 8.78 Å². The molecule has 0 saturated carbocycles. The third-order valence-corrected chi connectivity index (χ3v) is 3.82. The molecule has 2 aromatic rings. The summed E-state index contributed by atoms with van der Waals surface area (Å²) in [4.78, 5) is 0. The number of nitrogens with zero attached hydrogens (tertiary/aromatic N) is 2. The highest BCUT2D eigenvalue weighted by Gasteiger charge is 2.18. The van der Waals surface area contributed by atoms with Crippen LogP contribution in [0, 0.1) is 11.6 Å². The molecule has 0 saturated heterocycles. The van der Waals surface area contributed by atoms with Crippen LogP contribution in [0.25, 0.3) is 0 Å². The lowest BCUT2D eigenvalue weighted by atomic mass is 10.0. The maximum Gasteiger partial charge on any atom is 0.163 e. The lowest BCUT2D eigenvalue weighted by Gasteiger charge is -2.16. The van der Waals surface area contributed by atoms with E-state index in [1.165, 1.54) is 6.07 Å². The number of hydrogen-bond donors (Lipinski definition) is 1. The van der Waals surface area contributed by atoms with E-state index in [0.717, 1.165) is 18.2 Å². The second-order valence-electron chi connectivity index (χ2n) is 5.23. The Bertz CT molecular complexity index is 595. The van der Waals surface area contributed by atoms with Gasteiger partial charge in [-0.05, 0) is 32.5 Å². The molecule has 2 rings (SSSR count). The van der Waals surface area contributed by atoms with E-state index in [0.29, 0.717) is 18.0 Å². The van der Waals surface area contributed by atoms with Crippen LogP contribution in [-0.4, -0.2) is 16.8 Å². The van der Waals surface area contributed by atoms with Gasteiger partial charge in [0.2, 0.25) is 0 Å². The molecule has 21 heavy (non-hydrogen) atoms. The summed E-state index contributed by atoms with van der Waals surface area (Å²) >= 11 is 0. The highest BCUT2D eigenvalue weighted by Crippen LogP contribution is 2.22. The van der Waals surface area contributed by atoms with Crippen LogP contribution in [0.4, 0.5) is 8.78 Å². The quantitative estimate of drug-likeness (QED) is 0.881. The highest BCUT2D eigenvalue weighted by molar-refractivity contribution is 5.24. The first kappa shape index (κ1) is 15.6. The van der Waals surface area contributed by atoms with Crippen molar-refractivity contribution in [3.8, 4) is 0 Å². The standard InChI is InChI=1S/C16H21F2N3/c1-4-11(2)21-9-8-12(20-21)10-15(19-3)13-6-5-7-14(17)16(13)18/h5-9,11,15,19H,4,10H2,1-3H3. The summed E-state index contributed by atoms with van der Waals surface area (Å²) in [5.41, 5.74) is 1.19. The maximum atomic E-state index is 13.9. The molecule has 0 bridgehead atoms. The minimum absolute atomic E-state index is 0.305. The van der Waals surface area contributed by atoms with E-state index >= 15 is 0 Å². The third kappa shape index (κ3) is 3.47. The van der Waals surface area contributed by atoms with Gasteiger partial charge >= 0.3 is 0 Å². The van der Waals surface area contributed by atoms with Crippen molar-refractivity contribution in [2.24, 2.45) is 0 Å². The highest BCUT2D eigenvalue weighted by atomic mass is 19.2. The number of rotatable bonds is 6. The van der Waals surface area contributed by atoms with Crippen molar-refractivity contribution in [3.05, 3.63) is 53.4 Å². The topological polar surface area (TPSA) is 29.9 Å². The summed E-state index contributed by atoms with van der Waals surface area (Å²) in [5.74, 6) is -1.61. The number of hydrogen-bond acceptors (Lipinski definition) is 2. The first-order valence-corrected chi connectivity index (χ1v) is 7.22. The zero-order valence-corrected chi connectivity index (χ0v) is 12.6. The van der Waals surface area contributed by atoms with E-state index in [1.807, 2.05) is 16.9 Å². The lowest BCUT2D eigenvalue weighted by molar-refractivity contribution is 0.458. The van der Waals surface area contributed by atoms with Crippen LogP contribution >= 0.6 is 0 Å². The minimum Gasteiger partial charge on any atom is -0.313 e. The summed E-state index contributed by atoms with van der Waals surface area (Å²) in [7, 11) is 1.74. The summed E-state index contributed by atoms with van der Waals surface area (Å²) in [6.45, 7) is 4.20. The molecule has 2 atom stereocenters. The minimum atomic E-state index is -0.821. The van der Waals surface area contributed by atoms with Crippen molar-refractivity contribution < 1.29 is 8.78 Å². The Hall–Kier alpha value is -1.75. The molecule has 0 radical (unpaired) electrons. The van der Waals surface area contributed by atoms with Gasteiger partial charge in [0.25, 0.3) is 0 Å². The molecule has 0 fully saturated rings. The second kappa shape index (κ2) is 6.80. The SMILES string of the molecule is CCC(C)n1ccc(CC(NC)c2cccc(F)c2F)n1. The Labute approximate surface area is 124 Å². The molecule has 0 aliphatic carbocycles. The number of nitrogens with one attached hydrogen (secondary N) is 1. The van der Waals surface area contributed by atoms with Crippen molar-refractivity contribution >= 4 is 0 Å². The molecule has 1 aromatic heterocycles. The number of aromatic nitrogens is 2. The zero-order chi connectivity index (χ0) is 15.4. The van der Waals surface area contributed by atoms with Gasteiger partial charge in [-0.25, -0.2) is 8.78 Å². The van der Waals surface area contributed by atoms with Crippen LogP contribution in [0.15, 0.2) is 30.5 Å². The average molecular weight is 293 g/mol. The Kier molecular flexibility index (Phi) is 5.07. The van der Waals surface area contributed by atoms with Crippen molar-refractivity contribution in [2.75, 3.05) is 7.05 Å². The molecule has 3 nitrogen and oxygen atoms in total. The fourth-order valence-corrected chi connectivity index (χ4v) is 2.29. The Balaban J connectivity index is 2.19. The van der Waals surface area contributed by atoms with Gasteiger partial charge in [-0.3, -0.25) is 4.68 Å². The first-order chi connectivity index (χ1) is 10.1. The molecular weight excluding hydrogens is 272 g/mol. The normalized spacial score (nSPS) is 14.1. The second-order valence-corrected chi connectivity index (χ2v) is 5.23. The lowest BCUT2D eigenvalue weighted by Crippen LogP contribution is -2.21. The molecule has 2 unspecified atom stereocenters. The van der Waals surface area contributed by atoms with Crippen molar-refractivity contribution in [1.29, 1.82) is 0 Å². The van der Waals surface area contributed by atoms with E-state index in [1.54, 1.807) is 13.1 Å². The van der Waals surface area contributed by atoms with Gasteiger partial charge in [-0.1, -0.05) is 19.1 Å². The van der Waals surface area contributed by atoms with Crippen molar-refractivity contribution in [1.82, 2.24) is 15.1 Å². The maximum absolute atomic E-state index is 13.9. The van der Waals surface area contributed by atoms with Crippen LogP contribution in [0.5, 0.6) is 0 Å². The molecule has 5 heteroatoms. The molecule has 0 amide bonds. The van der Waals surface area contributed by atoms with E-state index in [-0.39, 0.29) is 6.04 Å². The van der Waals surface area contributed by atoms with Gasteiger partial charge < -0.3 is 5.32 Å². The summed E-state index contributed by atoms with van der Waals surface area (Å²) < 4.78 is 29.1. The van der Waals surface area contributed by atoms with Gasteiger partial charge in [-0.15, -0.1) is 0 Å². The van der Waals surface area contributed by atoms with Crippen LogP contribution in [-0.2, 0) is 6.42 Å². The summed E-state index contributed by atoms with van der Waals surface area (Å²) in [6, 6.07) is 6.21. The largest absolute Gasteiger partial charge is 0.313 e. The fourth-order valence-electron chi connectivity index (χ4n) is 2.29. The van der Waals surface area contributed by atoms with Crippen molar-refractivity contribution in [2.45, 2.75) is 38.8 Å². The molecule has 1 aromatic carbocycles. The fraction of sp³-hybridized carbons (Fsp3) is 0.438. The molecule has 1 heterocycles. The Morgan fingerprint density at radius 3 is 2.71 bits per heavy atom. The Morgan fingerprint density at radius 2 is 2.05 bits per heavy atom. The van der Waals surface area contributed by atoms with Crippen LogP contribution in [0.2, 0.25) is 0 Å². The van der Waals surface area contributed by atoms with Gasteiger partial charge in [-0.2, -0.15) is 5.10 Å². The molecule has 114 valence electrons. The number of benzene rings is 1. The van der Waals surface area contributed by atoms with Crippen LogP contribution in [0.1, 0.15) is 43.6 Å². The van der Waals surface area contributed by atoms with Gasteiger partial charge in [0.1, 0.15) is 0 Å². The predicted molar refractivity (Wildman–Crippen MR) is 79.1 cm³/mol. The van der Waals surface area contributed by atoms with Gasteiger partial charge in [0.05, 0.1) is 5.69 Å². The average Bonchev–Trinajstić information content (AvgIpc) is 2.95. The Morgan fingerprint density at radius 1 is 1.29 bits per heavy atom. The van der Waals surface area contributed by atoms with Gasteiger partial charge in [0, 0.05) is 30.3 Å².